The molecule has 2 rings (SSSR count). The number of ether oxygens (including phenoxy) is 1. The second-order valence-electron chi connectivity index (χ2n) is 3.87. The van der Waals surface area contributed by atoms with Crippen molar-refractivity contribution >= 4 is 11.7 Å². The number of benzene rings is 2. The number of aromatic hydroxyl groups is 1. The quantitative estimate of drug-likeness (QED) is 0.641. The zero-order valence-electron chi connectivity index (χ0n) is 9.67. The second-order valence-corrected chi connectivity index (χ2v) is 3.87. The Morgan fingerprint density at radius 3 is 2.56 bits per heavy atom. The molecule has 18 heavy (non-hydrogen) atoms. The van der Waals surface area contributed by atoms with Crippen LogP contribution in [-0.2, 0) is 11.3 Å². The van der Waals surface area contributed by atoms with Crippen LogP contribution in [0.2, 0.25) is 0 Å². The molecule has 0 aliphatic rings. The lowest BCUT2D eigenvalue weighted by Crippen LogP contribution is -2.05. The van der Waals surface area contributed by atoms with E-state index < -0.39 is 5.97 Å². The lowest BCUT2D eigenvalue weighted by molar-refractivity contribution is 0.0473. The summed E-state index contributed by atoms with van der Waals surface area (Å²) in [6.45, 7) is 0.161. The molecule has 0 aromatic heterocycles. The third kappa shape index (κ3) is 3.01. The Hall–Kier alpha value is -2.49. The van der Waals surface area contributed by atoms with Crippen LogP contribution in [0.15, 0.2) is 48.5 Å². The van der Waals surface area contributed by atoms with Gasteiger partial charge >= 0.3 is 5.97 Å². The van der Waals surface area contributed by atoms with E-state index in [0.29, 0.717) is 11.3 Å². The van der Waals surface area contributed by atoms with Crippen molar-refractivity contribution < 1.29 is 14.6 Å². The van der Waals surface area contributed by atoms with Gasteiger partial charge in [0.2, 0.25) is 0 Å². The molecule has 0 bridgehead atoms. The van der Waals surface area contributed by atoms with Crippen LogP contribution in [0.25, 0.3) is 0 Å². The molecule has 0 radical (unpaired) electrons. The molecule has 0 aliphatic heterocycles. The summed E-state index contributed by atoms with van der Waals surface area (Å²) < 4.78 is 5.13. The molecule has 4 nitrogen and oxygen atoms in total. The average molecular weight is 243 g/mol. The van der Waals surface area contributed by atoms with Crippen LogP contribution in [0.5, 0.6) is 5.75 Å². The largest absolute Gasteiger partial charge is 0.508 e. The van der Waals surface area contributed by atoms with Crippen molar-refractivity contribution in [1.82, 2.24) is 0 Å². The number of anilines is 1. The first kappa shape index (κ1) is 12.0. The number of esters is 1. The van der Waals surface area contributed by atoms with Gasteiger partial charge in [0.15, 0.2) is 0 Å². The fourth-order valence-corrected chi connectivity index (χ4v) is 1.49. The molecule has 3 N–H and O–H groups in total. The second kappa shape index (κ2) is 5.23. The summed E-state index contributed by atoms with van der Waals surface area (Å²) in [5.41, 5.74) is 7.34. The number of phenols is 1. The zero-order valence-corrected chi connectivity index (χ0v) is 9.67. The number of nitrogens with two attached hydrogens (primary N) is 1. The summed E-state index contributed by atoms with van der Waals surface area (Å²) in [7, 11) is 0. The van der Waals surface area contributed by atoms with Gasteiger partial charge in [-0.2, -0.15) is 0 Å². The molecule has 0 heterocycles. The van der Waals surface area contributed by atoms with Crippen molar-refractivity contribution in [2.75, 3.05) is 5.73 Å². The van der Waals surface area contributed by atoms with Crippen molar-refractivity contribution in [2.24, 2.45) is 0 Å². The van der Waals surface area contributed by atoms with Gasteiger partial charge in [0.05, 0.1) is 5.56 Å². The summed E-state index contributed by atoms with van der Waals surface area (Å²) in [4.78, 5) is 11.7. The summed E-state index contributed by atoms with van der Waals surface area (Å²) in [6, 6.07) is 13.1. The Morgan fingerprint density at radius 1 is 1.17 bits per heavy atom. The van der Waals surface area contributed by atoms with E-state index in [1.54, 1.807) is 48.5 Å². The Labute approximate surface area is 105 Å². The first-order valence-corrected chi connectivity index (χ1v) is 5.46. The molecule has 2 aromatic carbocycles. The highest BCUT2D eigenvalue weighted by molar-refractivity contribution is 5.90. The molecule has 0 saturated heterocycles. The van der Waals surface area contributed by atoms with Gasteiger partial charge in [-0.25, -0.2) is 4.79 Å². The molecule has 0 amide bonds. The summed E-state index contributed by atoms with van der Waals surface area (Å²) >= 11 is 0. The van der Waals surface area contributed by atoms with Gasteiger partial charge in [-0.3, -0.25) is 0 Å². The Balaban J connectivity index is 1.98. The van der Waals surface area contributed by atoms with E-state index in [1.807, 2.05) is 0 Å². The van der Waals surface area contributed by atoms with E-state index >= 15 is 0 Å². The van der Waals surface area contributed by atoms with Gasteiger partial charge in [-0.05, 0) is 35.9 Å². The van der Waals surface area contributed by atoms with E-state index in [4.69, 9.17) is 15.6 Å². The van der Waals surface area contributed by atoms with Gasteiger partial charge in [-0.15, -0.1) is 0 Å². The highest BCUT2D eigenvalue weighted by Gasteiger charge is 2.07. The van der Waals surface area contributed by atoms with Gasteiger partial charge in [-0.1, -0.05) is 18.2 Å². The number of hydrogen-bond acceptors (Lipinski definition) is 4. The first-order chi connectivity index (χ1) is 8.65. The summed E-state index contributed by atoms with van der Waals surface area (Å²) in [5, 5.41) is 9.12. The van der Waals surface area contributed by atoms with Gasteiger partial charge in [0.1, 0.15) is 12.4 Å². The van der Waals surface area contributed by atoms with Crippen LogP contribution >= 0.6 is 0 Å². The van der Waals surface area contributed by atoms with Crippen molar-refractivity contribution in [1.29, 1.82) is 0 Å². The van der Waals surface area contributed by atoms with Crippen molar-refractivity contribution in [3.8, 4) is 5.75 Å². The predicted octanol–water partition coefficient (Wildman–Crippen LogP) is 2.33. The van der Waals surface area contributed by atoms with Gasteiger partial charge < -0.3 is 15.6 Å². The highest BCUT2D eigenvalue weighted by Crippen LogP contribution is 2.12. The zero-order chi connectivity index (χ0) is 13.0. The van der Waals surface area contributed by atoms with Crippen LogP contribution in [0.3, 0.4) is 0 Å². The van der Waals surface area contributed by atoms with Crippen LogP contribution in [0.1, 0.15) is 15.9 Å². The fraction of sp³-hybridized carbons (Fsp3) is 0.0714. The normalized spacial score (nSPS) is 10.0. The van der Waals surface area contributed by atoms with Gasteiger partial charge in [0, 0.05) is 5.69 Å². The van der Waals surface area contributed by atoms with Crippen molar-refractivity contribution in [2.45, 2.75) is 6.61 Å². The molecular formula is C14H13NO3. The Bertz CT molecular complexity index is 549. The standard InChI is InChI=1S/C14H13NO3/c15-12-3-1-2-11(8-12)14(17)18-9-10-4-6-13(16)7-5-10/h1-8,16H,9,15H2. The number of rotatable bonds is 3. The molecule has 0 unspecified atom stereocenters. The van der Waals surface area contributed by atoms with E-state index in [-0.39, 0.29) is 12.4 Å². The number of phenolic OH excluding ortho intramolecular Hbond substituents is 1. The van der Waals surface area contributed by atoms with E-state index in [1.165, 1.54) is 0 Å². The molecule has 0 aliphatic carbocycles. The Morgan fingerprint density at radius 2 is 1.89 bits per heavy atom. The lowest BCUT2D eigenvalue weighted by Gasteiger charge is -2.05. The minimum atomic E-state index is -0.421. The van der Waals surface area contributed by atoms with E-state index in [2.05, 4.69) is 0 Å². The fourth-order valence-electron chi connectivity index (χ4n) is 1.49. The topological polar surface area (TPSA) is 72.6 Å². The maximum absolute atomic E-state index is 11.7. The van der Waals surface area contributed by atoms with Crippen LogP contribution in [0.4, 0.5) is 5.69 Å². The summed E-state index contributed by atoms with van der Waals surface area (Å²) in [6.07, 6.45) is 0. The smallest absolute Gasteiger partial charge is 0.338 e. The SMILES string of the molecule is Nc1cccc(C(=O)OCc2ccc(O)cc2)c1. The van der Waals surface area contributed by atoms with Gasteiger partial charge in [0.25, 0.3) is 0 Å². The van der Waals surface area contributed by atoms with Crippen molar-refractivity contribution in [3.63, 3.8) is 0 Å². The number of carbonyl (C=O) groups is 1. The number of hydrogen-bond donors (Lipinski definition) is 2. The first-order valence-electron chi connectivity index (χ1n) is 5.46. The third-order valence-corrected chi connectivity index (χ3v) is 2.43. The molecule has 0 saturated carbocycles. The summed E-state index contributed by atoms with van der Waals surface area (Å²) in [5.74, 6) is -0.240. The lowest BCUT2D eigenvalue weighted by atomic mass is 10.2. The predicted molar refractivity (Wildman–Crippen MR) is 68.1 cm³/mol. The maximum Gasteiger partial charge on any atom is 0.338 e. The average Bonchev–Trinajstić information content (AvgIpc) is 2.38. The molecule has 2 aromatic rings. The molecule has 0 atom stereocenters. The monoisotopic (exact) mass is 243 g/mol. The molecule has 92 valence electrons. The highest BCUT2D eigenvalue weighted by atomic mass is 16.5. The number of nitrogen functional groups attached to an aromatic ring is 1. The van der Waals surface area contributed by atoms with E-state index in [0.717, 1.165) is 5.56 Å². The minimum absolute atomic E-state index is 0.161. The molecule has 0 spiro atoms. The van der Waals surface area contributed by atoms with E-state index in [9.17, 15) is 4.79 Å². The van der Waals surface area contributed by atoms with Crippen LogP contribution < -0.4 is 5.73 Å². The Kier molecular flexibility index (Phi) is 3.48. The maximum atomic E-state index is 11.7. The van der Waals surface area contributed by atoms with Crippen molar-refractivity contribution in [3.05, 3.63) is 59.7 Å². The van der Waals surface area contributed by atoms with Crippen LogP contribution in [-0.4, -0.2) is 11.1 Å². The van der Waals surface area contributed by atoms with Crippen LogP contribution in [0, 0.1) is 0 Å². The molecular weight excluding hydrogens is 230 g/mol. The number of carbonyl (C=O) groups excluding carboxylic acids is 1. The molecule has 0 fully saturated rings. The molecule has 4 heteroatoms. The third-order valence-electron chi connectivity index (χ3n) is 2.43. The minimum Gasteiger partial charge on any atom is -0.508 e.